The van der Waals surface area contributed by atoms with Gasteiger partial charge in [-0.3, -0.25) is 10.1 Å². The minimum atomic E-state index is -3.67. The van der Waals surface area contributed by atoms with Crippen LogP contribution in [0.1, 0.15) is 13.8 Å². The van der Waals surface area contributed by atoms with Crippen molar-refractivity contribution in [2.75, 3.05) is 13.1 Å². The molecule has 0 unspecified atom stereocenters. The van der Waals surface area contributed by atoms with Crippen LogP contribution in [-0.2, 0) is 10.0 Å². The Labute approximate surface area is 108 Å². The highest BCUT2D eigenvalue weighted by atomic mass is 35.5. The molecular formula is C8H11ClN2O4S2. The Morgan fingerprint density at radius 2 is 2.00 bits per heavy atom. The van der Waals surface area contributed by atoms with E-state index in [9.17, 15) is 18.5 Å². The first-order chi connectivity index (χ1) is 7.84. The summed E-state index contributed by atoms with van der Waals surface area (Å²) >= 11 is 6.33. The molecule has 0 saturated carbocycles. The van der Waals surface area contributed by atoms with Gasteiger partial charge in [0.25, 0.3) is 15.7 Å². The van der Waals surface area contributed by atoms with Crippen molar-refractivity contribution in [3.05, 3.63) is 20.5 Å². The summed E-state index contributed by atoms with van der Waals surface area (Å²) in [5, 5.41) is 10.6. The molecule has 0 aliphatic heterocycles. The second kappa shape index (κ2) is 5.30. The molecule has 0 aliphatic carbocycles. The van der Waals surface area contributed by atoms with Gasteiger partial charge in [-0.2, -0.15) is 4.31 Å². The monoisotopic (exact) mass is 298 g/mol. The summed E-state index contributed by atoms with van der Waals surface area (Å²) in [6.45, 7) is 4.01. The Balaban J connectivity index is 3.25. The van der Waals surface area contributed by atoms with E-state index in [2.05, 4.69) is 0 Å². The fourth-order valence-corrected chi connectivity index (χ4v) is 4.56. The number of nitrogens with zero attached hydrogens (tertiary/aromatic N) is 2. The highest BCUT2D eigenvalue weighted by Gasteiger charge is 2.28. The third-order valence-electron chi connectivity index (χ3n) is 2.14. The number of hydrogen-bond donors (Lipinski definition) is 0. The van der Waals surface area contributed by atoms with E-state index in [1.807, 2.05) is 0 Å². The van der Waals surface area contributed by atoms with Crippen molar-refractivity contribution in [1.29, 1.82) is 0 Å². The highest BCUT2D eigenvalue weighted by molar-refractivity contribution is 7.91. The number of hydrogen-bond acceptors (Lipinski definition) is 5. The minimum absolute atomic E-state index is 0.0992. The number of thiophene rings is 1. The second-order valence-corrected chi connectivity index (χ2v) is 6.89. The van der Waals surface area contributed by atoms with Gasteiger partial charge >= 0.3 is 0 Å². The van der Waals surface area contributed by atoms with Crippen molar-refractivity contribution in [2.24, 2.45) is 0 Å². The van der Waals surface area contributed by atoms with E-state index in [4.69, 9.17) is 11.6 Å². The fourth-order valence-electron chi connectivity index (χ4n) is 1.28. The molecule has 0 bridgehead atoms. The van der Waals surface area contributed by atoms with Gasteiger partial charge in [0.05, 0.1) is 4.92 Å². The summed E-state index contributed by atoms with van der Waals surface area (Å²) in [6.07, 6.45) is 0. The van der Waals surface area contributed by atoms with Gasteiger partial charge in [0.15, 0.2) is 4.34 Å². The fraction of sp³-hybridized carbons (Fsp3) is 0.500. The molecule has 6 nitrogen and oxygen atoms in total. The van der Waals surface area contributed by atoms with Crippen LogP contribution in [0.25, 0.3) is 0 Å². The Morgan fingerprint density at radius 1 is 1.47 bits per heavy atom. The van der Waals surface area contributed by atoms with Gasteiger partial charge in [0.1, 0.15) is 4.21 Å². The third-order valence-corrected chi connectivity index (χ3v) is 5.98. The molecule has 0 atom stereocenters. The molecule has 0 N–H and O–H groups in total. The first-order valence-corrected chi connectivity index (χ1v) is 7.41. The van der Waals surface area contributed by atoms with E-state index in [1.54, 1.807) is 13.8 Å². The summed E-state index contributed by atoms with van der Waals surface area (Å²) in [5.41, 5.74) is -0.373. The van der Waals surface area contributed by atoms with Crippen LogP contribution in [0.3, 0.4) is 0 Å². The molecule has 0 spiro atoms. The number of rotatable bonds is 5. The van der Waals surface area contributed by atoms with Gasteiger partial charge in [0, 0.05) is 19.2 Å². The Bertz CT molecular complexity index is 522. The molecule has 1 heterocycles. The van der Waals surface area contributed by atoms with Crippen LogP contribution in [0, 0.1) is 10.1 Å². The van der Waals surface area contributed by atoms with Crippen LogP contribution in [0.5, 0.6) is 0 Å². The number of sulfonamides is 1. The van der Waals surface area contributed by atoms with Crippen LogP contribution in [0.2, 0.25) is 4.34 Å². The zero-order chi connectivity index (χ0) is 13.2. The molecule has 0 fully saturated rings. The summed E-state index contributed by atoms with van der Waals surface area (Å²) < 4.78 is 25.1. The summed E-state index contributed by atoms with van der Waals surface area (Å²) in [4.78, 5) is 9.90. The first kappa shape index (κ1) is 14.4. The predicted octanol–water partition coefficient (Wildman–Crippen LogP) is 2.34. The van der Waals surface area contributed by atoms with Crippen LogP contribution in [0.15, 0.2) is 10.3 Å². The van der Waals surface area contributed by atoms with Crippen LogP contribution in [-0.4, -0.2) is 30.7 Å². The van der Waals surface area contributed by atoms with Crippen molar-refractivity contribution < 1.29 is 13.3 Å². The van der Waals surface area contributed by atoms with Gasteiger partial charge in [-0.05, 0) is 0 Å². The minimum Gasteiger partial charge on any atom is -0.258 e. The average Bonchev–Trinajstić information content (AvgIpc) is 2.62. The number of nitro groups is 1. The Kier molecular flexibility index (Phi) is 4.48. The lowest BCUT2D eigenvalue weighted by atomic mass is 10.6. The maximum absolute atomic E-state index is 12.0. The van der Waals surface area contributed by atoms with Crippen molar-refractivity contribution >= 4 is 38.6 Å². The van der Waals surface area contributed by atoms with Crippen LogP contribution >= 0.6 is 22.9 Å². The molecule has 96 valence electrons. The van der Waals surface area contributed by atoms with Crippen molar-refractivity contribution in [3.63, 3.8) is 0 Å². The zero-order valence-electron chi connectivity index (χ0n) is 9.21. The summed E-state index contributed by atoms with van der Waals surface area (Å²) in [5.74, 6) is 0. The van der Waals surface area contributed by atoms with Gasteiger partial charge < -0.3 is 0 Å². The lowest BCUT2D eigenvalue weighted by molar-refractivity contribution is -0.384. The van der Waals surface area contributed by atoms with E-state index >= 15 is 0 Å². The van der Waals surface area contributed by atoms with E-state index in [1.165, 1.54) is 4.31 Å². The SMILES string of the molecule is CCN(CC)S(=O)(=O)c1cc([N+](=O)[O-])c(Cl)s1. The third kappa shape index (κ3) is 2.76. The van der Waals surface area contributed by atoms with Gasteiger partial charge in [-0.15, -0.1) is 11.3 Å². The predicted molar refractivity (Wildman–Crippen MR) is 66.1 cm³/mol. The van der Waals surface area contributed by atoms with Gasteiger partial charge in [-0.25, -0.2) is 8.42 Å². The second-order valence-electron chi connectivity index (χ2n) is 3.07. The van der Waals surface area contributed by atoms with Crippen molar-refractivity contribution in [2.45, 2.75) is 18.1 Å². The van der Waals surface area contributed by atoms with Gasteiger partial charge in [-0.1, -0.05) is 25.4 Å². The summed E-state index contributed by atoms with van der Waals surface area (Å²) in [7, 11) is -3.67. The Morgan fingerprint density at radius 3 is 2.35 bits per heavy atom. The number of halogens is 1. The average molecular weight is 299 g/mol. The maximum atomic E-state index is 12.0. The lowest BCUT2D eigenvalue weighted by Crippen LogP contribution is -2.29. The molecular weight excluding hydrogens is 288 g/mol. The molecule has 0 aliphatic rings. The largest absolute Gasteiger partial charge is 0.300 e. The molecule has 0 radical (unpaired) electrons. The smallest absolute Gasteiger partial charge is 0.258 e. The molecule has 1 rings (SSSR count). The van der Waals surface area contributed by atoms with Crippen molar-refractivity contribution in [3.8, 4) is 0 Å². The molecule has 1 aromatic heterocycles. The molecule has 0 aromatic carbocycles. The maximum Gasteiger partial charge on any atom is 0.300 e. The molecule has 0 amide bonds. The normalized spacial score (nSPS) is 12.0. The topological polar surface area (TPSA) is 80.5 Å². The van der Waals surface area contributed by atoms with E-state index < -0.39 is 14.9 Å². The Hall–Kier alpha value is -0.700. The molecule has 17 heavy (non-hydrogen) atoms. The first-order valence-electron chi connectivity index (χ1n) is 4.78. The lowest BCUT2D eigenvalue weighted by Gasteiger charge is -2.16. The van der Waals surface area contributed by atoms with E-state index in [0.717, 1.165) is 6.07 Å². The van der Waals surface area contributed by atoms with Crippen molar-refractivity contribution in [1.82, 2.24) is 4.31 Å². The van der Waals surface area contributed by atoms with Gasteiger partial charge in [0.2, 0.25) is 0 Å². The highest BCUT2D eigenvalue weighted by Crippen LogP contribution is 2.37. The molecule has 9 heteroatoms. The quantitative estimate of drug-likeness (QED) is 0.617. The van der Waals surface area contributed by atoms with Crippen LogP contribution in [0.4, 0.5) is 5.69 Å². The van der Waals surface area contributed by atoms with E-state index in [-0.39, 0.29) is 14.2 Å². The summed E-state index contributed by atoms with van der Waals surface area (Å²) in [6, 6.07) is 1.00. The van der Waals surface area contributed by atoms with E-state index in [0.29, 0.717) is 24.4 Å². The molecule has 1 aromatic rings. The van der Waals surface area contributed by atoms with Crippen LogP contribution < -0.4 is 0 Å². The molecule has 0 saturated heterocycles. The standard InChI is InChI=1S/C8H11ClN2O4S2/c1-3-10(4-2)17(14,15)7-5-6(11(12)13)8(9)16-7/h5H,3-4H2,1-2H3. The zero-order valence-corrected chi connectivity index (χ0v) is 11.6.